The summed E-state index contributed by atoms with van der Waals surface area (Å²) in [5.74, 6) is 0. The molecule has 1 heterocycles. The monoisotopic (exact) mass is 201 g/mol. The fraction of sp³-hybridized carbons (Fsp3) is 0. The second kappa shape index (κ2) is 2.79. The van der Waals surface area contributed by atoms with Crippen molar-refractivity contribution in [3.8, 4) is 0 Å². The van der Waals surface area contributed by atoms with Gasteiger partial charge in [0.1, 0.15) is 0 Å². The summed E-state index contributed by atoms with van der Waals surface area (Å²) in [4.78, 5) is 10.1. The number of pyridine rings is 1. The van der Waals surface area contributed by atoms with Gasteiger partial charge < -0.3 is 5.21 Å². The van der Waals surface area contributed by atoms with Crippen LogP contribution in [0.3, 0.4) is 0 Å². The van der Waals surface area contributed by atoms with Crippen molar-refractivity contribution in [2.75, 3.05) is 0 Å². The van der Waals surface area contributed by atoms with Gasteiger partial charge in [-0.25, -0.2) is 0 Å². The van der Waals surface area contributed by atoms with E-state index in [1.807, 2.05) is 0 Å². The normalized spacial score (nSPS) is 9.30. The van der Waals surface area contributed by atoms with Gasteiger partial charge in [0, 0.05) is 28.1 Å². The number of carbonyl (C=O) groups is 1. The topological polar surface area (TPSA) is 44.0 Å². The van der Waals surface area contributed by atoms with E-state index in [1.54, 1.807) is 12.1 Å². The van der Waals surface area contributed by atoms with Crippen LogP contribution >= 0.6 is 15.9 Å². The maximum absolute atomic E-state index is 10.8. The lowest BCUT2D eigenvalue weighted by Crippen LogP contribution is -2.32. The summed E-state index contributed by atoms with van der Waals surface area (Å²) >= 11 is 2.98. The lowest BCUT2D eigenvalue weighted by atomic mass is 10.4. The summed E-state index contributed by atoms with van der Waals surface area (Å²) in [6.07, 6.45) is 0.512. The highest BCUT2D eigenvalue weighted by Gasteiger charge is 2.04. The number of carbonyl (C=O) groups excluding carboxylic acids is 1. The number of rotatable bonds is 1. The Morgan fingerprint density at radius 1 is 1.60 bits per heavy atom. The molecule has 0 saturated heterocycles. The van der Waals surface area contributed by atoms with Crippen LogP contribution in [0.5, 0.6) is 0 Å². The van der Waals surface area contributed by atoms with Gasteiger partial charge in [0.2, 0.25) is 6.29 Å². The average Bonchev–Trinajstić information content (AvgIpc) is 1.95. The quantitative estimate of drug-likeness (QED) is 0.294. The number of aldehydes is 1. The zero-order valence-corrected chi connectivity index (χ0v) is 6.54. The highest BCUT2D eigenvalue weighted by molar-refractivity contribution is 9.10. The zero-order valence-electron chi connectivity index (χ0n) is 4.95. The van der Waals surface area contributed by atoms with Crippen molar-refractivity contribution in [1.29, 1.82) is 0 Å². The van der Waals surface area contributed by atoms with Crippen LogP contribution in [0.2, 0.25) is 0 Å². The van der Waals surface area contributed by atoms with Gasteiger partial charge in [0.15, 0.2) is 0 Å². The van der Waals surface area contributed by atoms with E-state index in [2.05, 4.69) is 15.9 Å². The Morgan fingerprint density at radius 3 is 2.80 bits per heavy atom. The van der Waals surface area contributed by atoms with Gasteiger partial charge >= 0.3 is 0 Å². The molecule has 1 aromatic heterocycles. The number of hydrogen-bond donors (Lipinski definition) is 0. The molecule has 0 aliphatic carbocycles. The maximum Gasteiger partial charge on any atom is 0.259 e. The Hall–Kier alpha value is -0.900. The van der Waals surface area contributed by atoms with E-state index in [0.29, 0.717) is 15.6 Å². The highest BCUT2D eigenvalue weighted by Crippen LogP contribution is 2.01. The third kappa shape index (κ3) is 1.16. The SMILES string of the molecule is O=Cc1cccc(Br)[n+]1[O-]. The molecule has 0 radical (unpaired) electrons. The first-order valence-electron chi connectivity index (χ1n) is 2.59. The molecule has 0 spiro atoms. The summed E-state index contributed by atoms with van der Waals surface area (Å²) < 4.78 is 0.865. The van der Waals surface area contributed by atoms with Crippen molar-refractivity contribution >= 4 is 22.2 Å². The Morgan fingerprint density at radius 2 is 2.30 bits per heavy atom. The van der Waals surface area contributed by atoms with Crippen molar-refractivity contribution in [3.05, 3.63) is 33.7 Å². The Balaban J connectivity index is 3.27. The average molecular weight is 202 g/mol. The molecule has 0 fully saturated rings. The van der Waals surface area contributed by atoms with Crippen LogP contribution in [0.25, 0.3) is 0 Å². The first kappa shape index (κ1) is 7.21. The first-order chi connectivity index (χ1) is 4.75. The van der Waals surface area contributed by atoms with Crippen LogP contribution in [-0.4, -0.2) is 6.29 Å². The van der Waals surface area contributed by atoms with Gasteiger partial charge in [-0.1, -0.05) is 0 Å². The summed E-state index contributed by atoms with van der Waals surface area (Å²) in [5, 5.41) is 10.8. The van der Waals surface area contributed by atoms with Crippen LogP contribution in [0.15, 0.2) is 22.8 Å². The second-order valence-electron chi connectivity index (χ2n) is 1.69. The van der Waals surface area contributed by atoms with Gasteiger partial charge in [0.25, 0.3) is 10.3 Å². The van der Waals surface area contributed by atoms with E-state index in [0.717, 1.165) is 0 Å². The van der Waals surface area contributed by atoms with E-state index in [-0.39, 0.29) is 5.69 Å². The largest absolute Gasteiger partial charge is 0.617 e. The third-order valence-corrected chi connectivity index (χ3v) is 1.64. The second-order valence-corrected chi connectivity index (χ2v) is 2.50. The minimum atomic E-state index is 0.106. The van der Waals surface area contributed by atoms with Gasteiger partial charge in [-0.15, -0.1) is 0 Å². The Labute approximate surface area is 66.0 Å². The highest BCUT2D eigenvalue weighted by atomic mass is 79.9. The first-order valence-corrected chi connectivity index (χ1v) is 3.38. The van der Waals surface area contributed by atoms with Gasteiger partial charge in [0.05, 0.1) is 0 Å². The van der Waals surface area contributed by atoms with Gasteiger partial charge in [-0.05, 0) is 6.07 Å². The summed E-state index contributed by atoms with van der Waals surface area (Å²) in [6, 6.07) is 4.65. The molecule has 10 heavy (non-hydrogen) atoms. The number of hydrogen-bond acceptors (Lipinski definition) is 2. The molecule has 0 aromatic carbocycles. The van der Waals surface area contributed by atoms with Crippen molar-refractivity contribution in [3.63, 3.8) is 0 Å². The van der Waals surface area contributed by atoms with Crippen molar-refractivity contribution in [2.45, 2.75) is 0 Å². The molecule has 0 N–H and O–H groups in total. The molecule has 4 heteroatoms. The lowest BCUT2D eigenvalue weighted by Gasteiger charge is -1.98. The Bertz CT molecular complexity index is 262. The standard InChI is InChI=1S/C6H4BrNO2/c7-6-3-1-2-5(4-9)8(6)10/h1-4H. The molecule has 0 saturated carbocycles. The summed E-state index contributed by atoms with van der Waals surface area (Å²) in [7, 11) is 0. The smallest absolute Gasteiger partial charge is 0.259 e. The zero-order chi connectivity index (χ0) is 7.56. The van der Waals surface area contributed by atoms with E-state index in [9.17, 15) is 10.0 Å². The lowest BCUT2D eigenvalue weighted by molar-refractivity contribution is -0.618. The minimum Gasteiger partial charge on any atom is -0.617 e. The van der Waals surface area contributed by atoms with Gasteiger partial charge in [-0.3, -0.25) is 4.79 Å². The van der Waals surface area contributed by atoms with Gasteiger partial charge in [-0.2, -0.15) is 4.73 Å². The summed E-state index contributed by atoms with van der Waals surface area (Å²) in [5.41, 5.74) is 0.106. The van der Waals surface area contributed by atoms with Crippen molar-refractivity contribution in [2.24, 2.45) is 0 Å². The predicted octanol–water partition coefficient (Wildman–Crippen LogP) is 0.895. The Kier molecular flexibility index (Phi) is 2.01. The third-order valence-electron chi connectivity index (χ3n) is 1.05. The number of halogens is 1. The predicted molar refractivity (Wildman–Crippen MR) is 38.5 cm³/mol. The molecule has 0 aliphatic rings. The molecule has 52 valence electrons. The van der Waals surface area contributed by atoms with E-state index in [1.165, 1.54) is 6.07 Å². The molecule has 0 amide bonds. The summed E-state index contributed by atoms with van der Waals surface area (Å²) in [6.45, 7) is 0. The molecular weight excluding hydrogens is 198 g/mol. The van der Waals surface area contributed by atoms with Crippen molar-refractivity contribution < 1.29 is 9.52 Å². The molecule has 0 bridgehead atoms. The van der Waals surface area contributed by atoms with Crippen LogP contribution in [0.1, 0.15) is 10.5 Å². The molecule has 1 rings (SSSR count). The van der Waals surface area contributed by atoms with Crippen LogP contribution in [0.4, 0.5) is 0 Å². The van der Waals surface area contributed by atoms with E-state index in [4.69, 9.17) is 0 Å². The molecule has 0 atom stereocenters. The van der Waals surface area contributed by atoms with E-state index < -0.39 is 0 Å². The fourth-order valence-electron chi connectivity index (χ4n) is 0.572. The van der Waals surface area contributed by atoms with E-state index >= 15 is 0 Å². The minimum absolute atomic E-state index is 0.106. The molecule has 0 unspecified atom stereocenters. The molecular formula is C6H4BrNO2. The molecule has 3 nitrogen and oxygen atoms in total. The molecule has 1 aromatic rings. The maximum atomic E-state index is 10.8. The number of aromatic nitrogens is 1. The van der Waals surface area contributed by atoms with Crippen LogP contribution in [0, 0.1) is 5.21 Å². The van der Waals surface area contributed by atoms with Crippen molar-refractivity contribution in [1.82, 2.24) is 0 Å². The number of nitrogens with zero attached hydrogens (tertiary/aromatic N) is 1. The van der Waals surface area contributed by atoms with Crippen LogP contribution < -0.4 is 4.73 Å². The fourth-order valence-corrected chi connectivity index (χ4v) is 0.929. The molecule has 0 aliphatic heterocycles. The van der Waals surface area contributed by atoms with Crippen LogP contribution in [-0.2, 0) is 0 Å².